The molecule has 0 aliphatic rings. The van der Waals surface area contributed by atoms with Crippen LogP contribution in [0.4, 0.5) is 4.39 Å². The van der Waals surface area contributed by atoms with Gasteiger partial charge in [-0.2, -0.15) is 0 Å². The summed E-state index contributed by atoms with van der Waals surface area (Å²) in [5.74, 6) is -0.201. The van der Waals surface area contributed by atoms with Gasteiger partial charge in [0.1, 0.15) is 5.82 Å². The molecule has 1 aromatic heterocycles. The summed E-state index contributed by atoms with van der Waals surface area (Å²) in [4.78, 5) is 0. The van der Waals surface area contributed by atoms with Gasteiger partial charge in [-0.25, -0.2) is 4.39 Å². The van der Waals surface area contributed by atoms with Crippen molar-refractivity contribution in [1.82, 2.24) is 4.57 Å². The first-order chi connectivity index (χ1) is 9.70. The second-order valence-electron chi connectivity index (χ2n) is 4.71. The minimum atomic E-state index is -0.201. The van der Waals surface area contributed by atoms with Gasteiger partial charge in [-0.15, -0.1) is 0 Å². The zero-order chi connectivity index (χ0) is 13.9. The summed E-state index contributed by atoms with van der Waals surface area (Å²) in [6.07, 6.45) is 4.20. The average molecular weight is 377 g/mol. The third-order valence-electron chi connectivity index (χ3n) is 3.21. The maximum Gasteiger partial charge on any atom is 0.123 e. The number of hydrogen-bond acceptors (Lipinski definition) is 0. The van der Waals surface area contributed by atoms with Crippen molar-refractivity contribution in [2.75, 3.05) is 0 Å². The van der Waals surface area contributed by atoms with Crippen molar-refractivity contribution in [2.24, 2.45) is 0 Å². The highest BCUT2D eigenvalue weighted by atomic mass is 127. The van der Waals surface area contributed by atoms with Crippen LogP contribution in [0.1, 0.15) is 5.56 Å². The minimum absolute atomic E-state index is 0.201. The van der Waals surface area contributed by atoms with Gasteiger partial charge in [0.05, 0.1) is 0 Å². The van der Waals surface area contributed by atoms with Gasteiger partial charge >= 0.3 is 0 Å². The van der Waals surface area contributed by atoms with Gasteiger partial charge in [-0.1, -0.05) is 36.4 Å². The van der Waals surface area contributed by atoms with E-state index in [4.69, 9.17) is 0 Å². The van der Waals surface area contributed by atoms with Crippen molar-refractivity contribution >= 4 is 22.6 Å². The maximum atomic E-state index is 12.9. The number of nitrogens with zero attached hydrogens (tertiary/aromatic N) is 1. The van der Waals surface area contributed by atoms with Crippen LogP contribution in [0.3, 0.4) is 0 Å². The smallest absolute Gasteiger partial charge is 0.123 e. The van der Waals surface area contributed by atoms with Gasteiger partial charge in [-0.3, -0.25) is 0 Å². The van der Waals surface area contributed by atoms with E-state index < -0.39 is 0 Å². The highest BCUT2D eigenvalue weighted by Crippen LogP contribution is 2.20. The minimum Gasteiger partial charge on any atom is -0.349 e. The standard InChI is InChI=1S/C17H13FIN/c18-16-7-5-15(6-8-16)14-3-1-13(2-4-14)11-20-10-9-17(19)12-20/h1-10,12H,11H2. The molecule has 0 unspecified atom stereocenters. The molecular weight excluding hydrogens is 364 g/mol. The van der Waals surface area contributed by atoms with Crippen molar-refractivity contribution in [3.05, 3.63) is 81.9 Å². The maximum absolute atomic E-state index is 12.9. The summed E-state index contributed by atoms with van der Waals surface area (Å²) in [6, 6.07) is 17.1. The molecule has 0 radical (unpaired) electrons. The third-order valence-corrected chi connectivity index (χ3v) is 3.85. The Morgan fingerprint density at radius 1 is 0.850 bits per heavy atom. The first-order valence-electron chi connectivity index (χ1n) is 6.37. The van der Waals surface area contributed by atoms with E-state index in [1.54, 1.807) is 12.1 Å². The van der Waals surface area contributed by atoms with Gasteiger partial charge in [0.2, 0.25) is 0 Å². The number of rotatable bonds is 3. The summed E-state index contributed by atoms with van der Waals surface area (Å²) in [7, 11) is 0. The van der Waals surface area contributed by atoms with E-state index in [1.165, 1.54) is 21.3 Å². The van der Waals surface area contributed by atoms with Gasteiger partial charge in [0, 0.05) is 22.5 Å². The van der Waals surface area contributed by atoms with Crippen molar-refractivity contribution < 1.29 is 4.39 Å². The Morgan fingerprint density at radius 2 is 1.45 bits per heavy atom. The van der Waals surface area contributed by atoms with E-state index >= 15 is 0 Å². The molecule has 1 nitrogen and oxygen atoms in total. The lowest BCUT2D eigenvalue weighted by Crippen LogP contribution is -1.95. The molecule has 0 N–H and O–H groups in total. The molecule has 0 atom stereocenters. The van der Waals surface area contributed by atoms with Crippen LogP contribution in [0.15, 0.2) is 67.0 Å². The Morgan fingerprint density at radius 3 is 2.00 bits per heavy atom. The number of benzene rings is 2. The Balaban J connectivity index is 1.79. The predicted octanol–water partition coefficient (Wildman–Crippen LogP) is 4.95. The largest absolute Gasteiger partial charge is 0.349 e. The number of hydrogen-bond donors (Lipinski definition) is 0. The van der Waals surface area contributed by atoms with Crippen LogP contribution in [-0.4, -0.2) is 4.57 Å². The molecule has 0 aliphatic carbocycles. The summed E-state index contributed by atoms with van der Waals surface area (Å²) in [5.41, 5.74) is 3.40. The van der Waals surface area contributed by atoms with Gasteiger partial charge in [0.15, 0.2) is 0 Å². The fourth-order valence-corrected chi connectivity index (χ4v) is 2.68. The molecule has 0 aliphatic heterocycles. The molecule has 0 spiro atoms. The monoisotopic (exact) mass is 377 g/mol. The van der Waals surface area contributed by atoms with E-state index in [0.717, 1.165) is 17.7 Å². The quantitative estimate of drug-likeness (QED) is 0.570. The zero-order valence-corrected chi connectivity index (χ0v) is 12.9. The van der Waals surface area contributed by atoms with Crippen LogP contribution in [0, 0.1) is 9.39 Å². The molecule has 0 amide bonds. The molecule has 3 heteroatoms. The molecule has 1 heterocycles. The fraction of sp³-hybridized carbons (Fsp3) is 0.0588. The normalized spacial score (nSPS) is 10.7. The van der Waals surface area contributed by atoms with Crippen LogP contribution < -0.4 is 0 Å². The molecule has 20 heavy (non-hydrogen) atoms. The molecule has 0 saturated carbocycles. The van der Waals surface area contributed by atoms with Crippen LogP contribution in [0.5, 0.6) is 0 Å². The fourth-order valence-electron chi connectivity index (χ4n) is 2.17. The van der Waals surface area contributed by atoms with Crippen molar-refractivity contribution in [1.29, 1.82) is 0 Å². The summed E-state index contributed by atoms with van der Waals surface area (Å²) < 4.78 is 16.3. The second-order valence-corrected chi connectivity index (χ2v) is 5.95. The number of halogens is 2. The lowest BCUT2D eigenvalue weighted by molar-refractivity contribution is 0.628. The highest BCUT2D eigenvalue weighted by Gasteiger charge is 2.00. The molecule has 100 valence electrons. The second kappa shape index (κ2) is 5.79. The van der Waals surface area contributed by atoms with E-state index in [9.17, 15) is 4.39 Å². The summed E-state index contributed by atoms with van der Waals surface area (Å²) in [5, 5.41) is 0. The molecule has 3 rings (SSSR count). The lowest BCUT2D eigenvalue weighted by atomic mass is 10.0. The Hall–Kier alpha value is -1.62. The van der Waals surface area contributed by atoms with Crippen LogP contribution in [-0.2, 0) is 6.54 Å². The van der Waals surface area contributed by atoms with Gasteiger partial charge in [-0.05, 0) is 57.5 Å². The zero-order valence-electron chi connectivity index (χ0n) is 10.8. The van der Waals surface area contributed by atoms with E-state index in [1.807, 2.05) is 0 Å². The van der Waals surface area contributed by atoms with Crippen LogP contribution in [0.2, 0.25) is 0 Å². The summed E-state index contributed by atoms with van der Waals surface area (Å²) in [6.45, 7) is 0.868. The first-order valence-corrected chi connectivity index (χ1v) is 7.45. The molecule has 0 fully saturated rings. The third kappa shape index (κ3) is 3.10. The SMILES string of the molecule is Fc1ccc(-c2ccc(Cn3ccc(I)c3)cc2)cc1. The molecule has 2 aromatic carbocycles. The van der Waals surface area contributed by atoms with Crippen LogP contribution in [0.25, 0.3) is 11.1 Å². The average Bonchev–Trinajstić information content (AvgIpc) is 2.86. The molecule has 3 aromatic rings. The number of aromatic nitrogens is 1. The van der Waals surface area contributed by atoms with E-state index in [-0.39, 0.29) is 5.82 Å². The van der Waals surface area contributed by atoms with Gasteiger partial charge < -0.3 is 4.57 Å². The van der Waals surface area contributed by atoms with Crippen molar-refractivity contribution in [3.8, 4) is 11.1 Å². The van der Waals surface area contributed by atoms with Crippen LogP contribution >= 0.6 is 22.6 Å². The van der Waals surface area contributed by atoms with Crippen molar-refractivity contribution in [2.45, 2.75) is 6.54 Å². The molecule has 0 bridgehead atoms. The topological polar surface area (TPSA) is 4.93 Å². The van der Waals surface area contributed by atoms with Gasteiger partial charge in [0.25, 0.3) is 0 Å². The molecular formula is C17H13FIN. The molecule has 0 saturated heterocycles. The first kappa shape index (κ1) is 13.4. The van der Waals surface area contributed by atoms with E-state index in [2.05, 4.69) is 69.9 Å². The Bertz CT molecular complexity index is 699. The predicted molar refractivity (Wildman–Crippen MR) is 88.1 cm³/mol. The van der Waals surface area contributed by atoms with Crippen molar-refractivity contribution in [3.63, 3.8) is 0 Å². The summed E-state index contributed by atoms with van der Waals surface area (Å²) >= 11 is 2.31. The Kier molecular flexibility index (Phi) is 3.87. The van der Waals surface area contributed by atoms with E-state index in [0.29, 0.717) is 0 Å². The Labute approximate surface area is 131 Å². The lowest BCUT2D eigenvalue weighted by Gasteiger charge is -2.06. The highest BCUT2D eigenvalue weighted by molar-refractivity contribution is 14.1.